The highest BCUT2D eigenvalue weighted by Gasteiger charge is 2.11. The van der Waals surface area contributed by atoms with Crippen LogP contribution >= 0.6 is 23.5 Å². The molecule has 0 fully saturated rings. The summed E-state index contributed by atoms with van der Waals surface area (Å²) in [4.78, 5) is 10.4. The molecule has 16 heavy (non-hydrogen) atoms. The van der Waals surface area contributed by atoms with Gasteiger partial charge in [0.1, 0.15) is 0 Å². The Balaban J connectivity index is 2.51. The van der Waals surface area contributed by atoms with Gasteiger partial charge in [0.05, 0.1) is 11.5 Å². The molecule has 1 aromatic heterocycles. The predicted octanol–water partition coefficient (Wildman–Crippen LogP) is 0.812. The quantitative estimate of drug-likeness (QED) is 0.426. The van der Waals surface area contributed by atoms with E-state index in [2.05, 4.69) is 17.1 Å². The molecular weight excluding hydrogens is 248 g/mol. The first-order valence-corrected chi connectivity index (χ1v) is 6.91. The summed E-state index contributed by atoms with van der Waals surface area (Å²) >= 11 is 2.80. The van der Waals surface area contributed by atoms with Crippen LogP contribution in [0.25, 0.3) is 0 Å². The minimum atomic E-state index is -0.894. The fraction of sp³-hybridized carbons (Fsp3) is 0.625. The molecule has 1 rings (SSSR count). The van der Waals surface area contributed by atoms with Gasteiger partial charge in [-0.3, -0.25) is 4.79 Å². The summed E-state index contributed by atoms with van der Waals surface area (Å²) in [5, 5.41) is 16.7. The van der Waals surface area contributed by atoms with Crippen LogP contribution < -0.4 is 5.84 Å². The zero-order valence-electron chi connectivity index (χ0n) is 8.92. The third-order valence-electron chi connectivity index (χ3n) is 1.64. The molecular formula is C8H14N4O2S2. The van der Waals surface area contributed by atoms with E-state index in [0.29, 0.717) is 16.7 Å². The van der Waals surface area contributed by atoms with Gasteiger partial charge in [0, 0.05) is 0 Å². The van der Waals surface area contributed by atoms with E-state index in [1.165, 1.54) is 4.68 Å². The second kappa shape index (κ2) is 6.64. The maximum absolute atomic E-state index is 10.4. The molecule has 1 heterocycles. The molecule has 0 amide bonds. The van der Waals surface area contributed by atoms with E-state index in [4.69, 9.17) is 10.9 Å². The molecule has 0 unspecified atom stereocenters. The van der Waals surface area contributed by atoms with Gasteiger partial charge in [0.15, 0.2) is 5.82 Å². The number of carbonyl (C=O) groups is 1. The van der Waals surface area contributed by atoms with Crippen LogP contribution in [-0.4, -0.2) is 37.5 Å². The minimum Gasteiger partial charge on any atom is -0.481 e. The van der Waals surface area contributed by atoms with Crippen molar-refractivity contribution in [2.24, 2.45) is 0 Å². The van der Waals surface area contributed by atoms with E-state index in [-0.39, 0.29) is 5.75 Å². The number of rotatable bonds is 7. The average molecular weight is 262 g/mol. The van der Waals surface area contributed by atoms with E-state index in [0.717, 1.165) is 23.9 Å². The third kappa shape index (κ3) is 3.93. The number of thioether (sulfide) groups is 2. The molecule has 0 aliphatic heterocycles. The molecule has 0 spiro atoms. The van der Waals surface area contributed by atoms with Crippen molar-refractivity contribution >= 4 is 29.5 Å². The number of carboxylic acid groups (broad SMARTS) is 1. The Morgan fingerprint density at radius 1 is 1.56 bits per heavy atom. The molecule has 0 bridgehead atoms. The first-order valence-electron chi connectivity index (χ1n) is 4.76. The van der Waals surface area contributed by atoms with Crippen molar-refractivity contribution in [1.29, 1.82) is 0 Å². The van der Waals surface area contributed by atoms with Crippen molar-refractivity contribution in [1.82, 2.24) is 14.9 Å². The Hall–Kier alpha value is -0.890. The van der Waals surface area contributed by atoms with Gasteiger partial charge in [-0.1, -0.05) is 18.7 Å². The van der Waals surface area contributed by atoms with Crippen LogP contribution in [-0.2, 0) is 10.5 Å². The van der Waals surface area contributed by atoms with Crippen molar-refractivity contribution in [2.75, 3.05) is 17.3 Å². The highest BCUT2D eigenvalue weighted by Crippen LogP contribution is 2.17. The van der Waals surface area contributed by atoms with E-state index in [9.17, 15) is 4.79 Å². The lowest BCUT2D eigenvalue weighted by atomic mass is 10.6. The Morgan fingerprint density at radius 2 is 2.31 bits per heavy atom. The standard InChI is InChI=1S/C8H14N4O2S2/c1-2-3-15-4-6-10-11-8(12(6)9)16-5-7(13)14/h2-5,9H2,1H3,(H,13,14). The zero-order chi connectivity index (χ0) is 12.0. The molecule has 0 aromatic carbocycles. The SMILES string of the molecule is CCCSCc1nnc(SCC(=O)O)n1N. The Kier molecular flexibility index (Phi) is 5.47. The van der Waals surface area contributed by atoms with Gasteiger partial charge >= 0.3 is 5.97 Å². The molecule has 0 saturated heterocycles. The highest BCUT2D eigenvalue weighted by molar-refractivity contribution is 7.99. The maximum Gasteiger partial charge on any atom is 0.313 e. The second-order valence-electron chi connectivity index (χ2n) is 3.00. The van der Waals surface area contributed by atoms with Crippen LogP contribution in [0.5, 0.6) is 0 Å². The molecule has 90 valence electrons. The van der Waals surface area contributed by atoms with Gasteiger partial charge in [-0.15, -0.1) is 10.2 Å². The van der Waals surface area contributed by atoms with E-state index in [1.807, 2.05) is 0 Å². The summed E-state index contributed by atoms with van der Waals surface area (Å²) in [6.45, 7) is 2.11. The minimum absolute atomic E-state index is 0.0581. The lowest BCUT2D eigenvalue weighted by molar-refractivity contribution is -0.133. The topological polar surface area (TPSA) is 94.0 Å². The summed E-state index contributed by atoms with van der Waals surface area (Å²) in [6.07, 6.45) is 1.10. The smallest absolute Gasteiger partial charge is 0.313 e. The van der Waals surface area contributed by atoms with Crippen LogP contribution in [0.4, 0.5) is 0 Å². The summed E-state index contributed by atoms with van der Waals surface area (Å²) in [5.41, 5.74) is 0. The van der Waals surface area contributed by atoms with Crippen molar-refractivity contribution in [3.05, 3.63) is 5.82 Å². The number of nitrogens with zero attached hydrogens (tertiary/aromatic N) is 3. The molecule has 8 heteroatoms. The van der Waals surface area contributed by atoms with Crippen LogP contribution in [0.15, 0.2) is 5.16 Å². The van der Waals surface area contributed by atoms with Crippen molar-refractivity contribution in [2.45, 2.75) is 24.3 Å². The number of aliphatic carboxylic acids is 1. The third-order valence-corrected chi connectivity index (χ3v) is 3.73. The monoisotopic (exact) mass is 262 g/mol. The summed E-state index contributed by atoms with van der Waals surface area (Å²) in [7, 11) is 0. The fourth-order valence-corrected chi connectivity index (χ4v) is 2.35. The molecule has 0 radical (unpaired) electrons. The normalized spacial score (nSPS) is 10.6. The number of hydrogen-bond acceptors (Lipinski definition) is 6. The number of nitrogen functional groups attached to an aromatic ring is 1. The Bertz CT molecular complexity index is 356. The van der Waals surface area contributed by atoms with Gasteiger partial charge in [0.25, 0.3) is 0 Å². The molecule has 3 N–H and O–H groups in total. The van der Waals surface area contributed by atoms with Crippen LogP contribution in [0, 0.1) is 0 Å². The van der Waals surface area contributed by atoms with Crippen molar-refractivity contribution in [3.63, 3.8) is 0 Å². The van der Waals surface area contributed by atoms with Crippen LogP contribution in [0.2, 0.25) is 0 Å². The highest BCUT2D eigenvalue weighted by atomic mass is 32.2. The van der Waals surface area contributed by atoms with Crippen LogP contribution in [0.3, 0.4) is 0 Å². The molecule has 6 nitrogen and oxygen atoms in total. The number of nitrogens with two attached hydrogens (primary N) is 1. The van der Waals surface area contributed by atoms with Gasteiger partial charge in [-0.05, 0) is 12.2 Å². The Labute approximate surface area is 102 Å². The van der Waals surface area contributed by atoms with E-state index in [1.54, 1.807) is 11.8 Å². The maximum atomic E-state index is 10.4. The molecule has 0 saturated carbocycles. The first kappa shape index (κ1) is 13.2. The van der Waals surface area contributed by atoms with Gasteiger partial charge in [-0.2, -0.15) is 11.8 Å². The second-order valence-corrected chi connectivity index (χ2v) is 5.05. The van der Waals surface area contributed by atoms with Crippen molar-refractivity contribution < 1.29 is 9.90 Å². The first-order chi connectivity index (χ1) is 7.65. The Morgan fingerprint density at radius 3 is 2.94 bits per heavy atom. The summed E-state index contributed by atoms with van der Waals surface area (Å²) in [6, 6.07) is 0. The summed E-state index contributed by atoms with van der Waals surface area (Å²) in [5.74, 6) is 7.20. The van der Waals surface area contributed by atoms with Gasteiger partial charge in [-0.25, -0.2) is 4.68 Å². The van der Waals surface area contributed by atoms with E-state index >= 15 is 0 Å². The largest absolute Gasteiger partial charge is 0.481 e. The van der Waals surface area contributed by atoms with Gasteiger partial charge < -0.3 is 10.9 Å². The van der Waals surface area contributed by atoms with Crippen molar-refractivity contribution in [3.8, 4) is 0 Å². The molecule has 0 atom stereocenters. The molecule has 1 aromatic rings. The lowest BCUT2D eigenvalue weighted by Crippen LogP contribution is -2.14. The van der Waals surface area contributed by atoms with Gasteiger partial charge in [0.2, 0.25) is 5.16 Å². The molecule has 0 aliphatic carbocycles. The molecule has 0 aliphatic rings. The summed E-state index contributed by atoms with van der Waals surface area (Å²) < 4.78 is 1.36. The fourth-order valence-electron chi connectivity index (χ4n) is 0.938. The predicted molar refractivity (Wildman–Crippen MR) is 65.0 cm³/mol. The van der Waals surface area contributed by atoms with E-state index < -0.39 is 5.97 Å². The number of aromatic nitrogens is 3. The zero-order valence-corrected chi connectivity index (χ0v) is 10.6. The number of carboxylic acids is 1. The number of hydrogen-bond donors (Lipinski definition) is 2. The average Bonchev–Trinajstić information content (AvgIpc) is 2.58. The van der Waals surface area contributed by atoms with Crippen LogP contribution in [0.1, 0.15) is 19.2 Å². The lowest BCUT2D eigenvalue weighted by Gasteiger charge is -2.01.